The number of aliphatic carboxylic acids is 3. The standard InChI is InChI=1S/C28H37N5O10/c34-22-5-1-20(2-6-22)13-29-24(36)15-32(18-27(40)41)11-9-31(17-26(38)39)10-12-33(19-28(42)43)16-25(37)30-14-21-3-7-23(35)8-4-21/h1-8,34-35H,9-19H2,(H,29,36)(H,30,37)(H,38,39)(H,40,41)(H,42,43). The average Bonchev–Trinajstić information content (AvgIpc) is 2.92. The molecule has 2 amide bonds. The number of carbonyl (C=O) groups excluding carboxylic acids is 2. The van der Waals surface area contributed by atoms with E-state index in [1.54, 1.807) is 24.3 Å². The Bertz CT molecular complexity index is 1140. The summed E-state index contributed by atoms with van der Waals surface area (Å²) in [7, 11) is 0. The molecule has 0 fully saturated rings. The number of carbonyl (C=O) groups is 5. The van der Waals surface area contributed by atoms with Crippen molar-refractivity contribution in [3.8, 4) is 11.5 Å². The molecule has 2 rings (SSSR count). The fourth-order valence-electron chi connectivity index (χ4n) is 3.98. The molecule has 0 radical (unpaired) electrons. The van der Waals surface area contributed by atoms with E-state index in [0.717, 1.165) is 11.1 Å². The van der Waals surface area contributed by atoms with Crippen LogP contribution in [0.5, 0.6) is 11.5 Å². The third-order valence-electron chi connectivity index (χ3n) is 6.13. The van der Waals surface area contributed by atoms with Gasteiger partial charge in [-0.2, -0.15) is 0 Å². The van der Waals surface area contributed by atoms with Gasteiger partial charge in [0.2, 0.25) is 11.8 Å². The molecule has 0 spiro atoms. The maximum Gasteiger partial charge on any atom is 0.317 e. The molecule has 2 aromatic rings. The summed E-state index contributed by atoms with van der Waals surface area (Å²) in [5.41, 5.74) is 1.45. The van der Waals surface area contributed by atoms with Crippen LogP contribution >= 0.6 is 0 Å². The molecule has 0 unspecified atom stereocenters. The minimum atomic E-state index is -1.18. The first-order chi connectivity index (χ1) is 20.4. The Labute approximate surface area is 247 Å². The van der Waals surface area contributed by atoms with Crippen molar-refractivity contribution in [2.45, 2.75) is 13.1 Å². The lowest BCUT2D eigenvalue weighted by atomic mass is 10.2. The van der Waals surface area contributed by atoms with Crippen LogP contribution in [0.4, 0.5) is 0 Å². The Morgan fingerprint density at radius 2 is 0.791 bits per heavy atom. The Kier molecular flexibility index (Phi) is 14.4. The van der Waals surface area contributed by atoms with E-state index in [2.05, 4.69) is 10.6 Å². The van der Waals surface area contributed by atoms with Crippen molar-refractivity contribution in [1.29, 1.82) is 0 Å². The predicted molar refractivity (Wildman–Crippen MR) is 152 cm³/mol. The lowest BCUT2D eigenvalue weighted by Gasteiger charge is -2.28. The second kappa shape index (κ2) is 17.9. The summed E-state index contributed by atoms with van der Waals surface area (Å²) in [5, 5.41) is 52.0. The number of phenols is 2. The Morgan fingerprint density at radius 3 is 1.12 bits per heavy atom. The zero-order valence-electron chi connectivity index (χ0n) is 23.5. The van der Waals surface area contributed by atoms with Crippen LogP contribution in [0.1, 0.15) is 11.1 Å². The third-order valence-corrected chi connectivity index (χ3v) is 6.13. The third kappa shape index (κ3) is 15.2. The van der Waals surface area contributed by atoms with E-state index < -0.39 is 49.4 Å². The number of nitrogens with zero attached hydrogens (tertiary/aromatic N) is 3. The molecule has 0 bridgehead atoms. The highest BCUT2D eigenvalue weighted by Crippen LogP contribution is 2.10. The molecule has 0 aromatic heterocycles. The van der Waals surface area contributed by atoms with E-state index in [-0.39, 0.29) is 63.9 Å². The first-order valence-electron chi connectivity index (χ1n) is 13.3. The summed E-state index contributed by atoms with van der Waals surface area (Å²) < 4.78 is 0. The number of hydrogen-bond acceptors (Lipinski definition) is 10. The van der Waals surface area contributed by atoms with Gasteiger partial charge in [-0.3, -0.25) is 38.7 Å². The number of aromatic hydroxyl groups is 2. The van der Waals surface area contributed by atoms with Crippen molar-refractivity contribution in [3.63, 3.8) is 0 Å². The highest BCUT2D eigenvalue weighted by molar-refractivity contribution is 5.79. The molecule has 0 heterocycles. The van der Waals surface area contributed by atoms with Gasteiger partial charge in [0.15, 0.2) is 0 Å². The second-order valence-electron chi connectivity index (χ2n) is 9.77. The van der Waals surface area contributed by atoms with Crippen LogP contribution in [0.3, 0.4) is 0 Å². The van der Waals surface area contributed by atoms with Crippen molar-refractivity contribution in [2.75, 3.05) is 58.9 Å². The lowest BCUT2D eigenvalue weighted by molar-refractivity contribution is -0.141. The molecule has 0 saturated heterocycles. The van der Waals surface area contributed by atoms with Gasteiger partial charge in [-0.15, -0.1) is 0 Å². The summed E-state index contributed by atoms with van der Waals surface area (Å²) in [5.74, 6) is -4.27. The van der Waals surface area contributed by atoms with Gasteiger partial charge >= 0.3 is 17.9 Å². The van der Waals surface area contributed by atoms with Crippen molar-refractivity contribution in [2.24, 2.45) is 0 Å². The van der Waals surface area contributed by atoms with E-state index in [9.17, 15) is 49.5 Å². The zero-order chi connectivity index (χ0) is 31.8. The maximum atomic E-state index is 12.5. The molecule has 43 heavy (non-hydrogen) atoms. The van der Waals surface area contributed by atoms with E-state index in [4.69, 9.17) is 0 Å². The Balaban J connectivity index is 1.93. The highest BCUT2D eigenvalue weighted by Gasteiger charge is 2.20. The lowest BCUT2D eigenvalue weighted by Crippen LogP contribution is -2.47. The van der Waals surface area contributed by atoms with E-state index in [0.29, 0.717) is 0 Å². The molecule has 15 nitrogen and oxygen atoms in total. The van der Waals surface area contributed by atoms with Gasteiger partial charge in [-0.05, 0) is 35.4 Å². The van der Waals surface area contributed by atoms with Crippen LogP contribution in [0.25, 0.3) is 0 Å². The van der Waals surface area contributed by atoms with Crippen molar-refractivity contribution < 1.29 is 49.5 Å². The van der Waals surface area contributed by atoms with Gasteiger partial charge in [0, 0.05) is 39.3 Å². The molecule has 7 N–H and O–H groups in total. The quantitative estimate of drug-likeness (QED) is 0.0986. The molecule has 2 aromatic carbocycles. The van der Waals surface area contributed by atoms with Gasteiger partial charge in [-0.1, -0.05) is 24.3 Å². The number of carboxylic acids is 3. The van der Waals surface area contributed by atoms with Crippen LogP contribution < -0.4 is 10.6 Å². The van der Waals surface area contributed by atoms with Gasteiger partial charge < -0.3 is 36.2 Å². The molecule has 0 aliphatic rings. The molecule has 0 atom stereocenters. The van der Waals surface area contributed by atoms with Crippen molar-refractivity contribution >= 4 is 29.7 Å². The first kappa shape index (κ1) is 34.5. The van der Waals surface area contributed by atoms with E-state index in [1.807, 2.05) is 0 Å². The van der Waals surface area contributed by atoms with Crippen LogP contribution in [0.15, 0.2) is 48.5 Å². The van der Waals surface area contributed by atoms with Crippen LogP contribution in [0.2, 0.25) is 0 Å². The summed E-state index contributed by atoms with van der Waals surface area (Å²) in [4.78, 5) is 63.3. The summed E-state index contributed by atoms with van der Waals surface area (Å²) in [6, 6.07) is 12.4. The van der Waals surface area contributed by atoms with Gasteiger partial charge in [0.05, 0.1) is 32.7 Å². The average molecular weight is 604 g/mol. The molecule has 0 saturated carbocycles. The van der Waals surface area contributed by atoms with Crippen LogP contribution in [0, 0.1) is 0 Å². The Morgan fingerprint density at radius 1 is 0.488 bits per heavy atom. The van der Waals surface area contributed by atoms with Gasteiger partial charge in [0.25, 0.3) is 0 Å². The van der Waals surface area contributed by atoms with Gasteiger partial charge in [-0.25, -0.2) is 0 Å². The summed E-state index contributed by atoms with van der Waals surface area (Å²) >= 11 is 0. The largest absolute Gasteiger partial charge is 0.508 e. The van der Waals surface area contributed by atoms with Crippen molar-refractivity contribution in [3.05, 3.63) is 59.7 Å². The summed E-state index contributed by atoms with van der Waals surface area (Å²) in [6.07, 6.45) is 0. The molecule has 15 heteroatoms. The number of hydrogen-bond donors (Lipinski definition) is 7. The Hall–Kier alpha value is -4.73. The van der Waals surface area contributed by atoms with E-state index in [1.165, 1.54) is 39.0 Å². The van der Waals surface area contributed by atoms with Crippen LogP contribution in [-0.4, -0.2) is 129 Å². The number of nitrogens with one attached hydrogen (secondary N) is 2. The fourth-order valence-corrected chi connectivity index (χ4v) is 3.98. The number of rotatable bonds is 20. The highest BCUT2D eigenvalue weighted by atomic mass is 16.4. The number of amides is 2. The predicted octanol–water partition coefficient (Wildman–Crippen LogP) is -0.810. The normalized spacial score (nSPS) is 11.0. The first-order valence-corrected chi connectivity index (χ1v) is 13.3. The molecule has 0 aliphatic carbocycles. The number of phenolic OH excluding ortho intramolecular Hbond substituents is 2. The monoisotopic (exact) mass is 603 g/mol. The molecule has 234 valence electrons. The van der Waals surface area contributed by atoms with Crippen molar-refractivity contribution in [1.82, 2.24) is 25.3 Å². The summed E-state index contributed by atoms with van der Waals surface area (Å²) in [6.45, 7) is -1.43. The van der Waals surface area contributed by atoms with Gasteiger partial charge in [0.1, 0.15) is 11.5 Å². The number of benzene rings is 2. The zero-order valence-corrected chi connectivity index (χ0v) is 23.5. The second-order valence-corrected chi connectivity index (χ2v) is 9.77. The molecular weight excluding hydrogens is 566 g/mol. The number of carboxylic acid groups (broad SMARTS) is 3. The minimum Gasteiger partial charge on any atom is -0.508 e. The fraction of sp³-hybridized carbons (Fsp3) is 0.393. The smallest absolute Gasteiger partial charge is 0.317 e. The van der Waals surface area contributed by atoms with E-state index >= 15 is 0 Å². The topological polar surface area (TPSA) is 220 Å². The van der Waals surface area contributed by atoms with Crippen LogP contribution in [-0.2, 0) is 37.1 Å². The SMILES string of the molecule is O=C(O)CN(CCN(CC(=O)O)CC(=O)NCc1ccc(O)cc1)CCN(CC(=O)O)CC(=O)NCc1ccc(O)cc1. The molecule has 0 aliphatic heterocycles. The molecular formula is C28H37N5O10. The minimum absolute atomic E-state index is 0.0260. The maximum absolute atomic E-state index is 12.5.